The highest BCUT2D eigenvalue weighted by molar-refractivity contribution is 5.92. The van der Waals surface area contributed by atoms with E-state index in [1.807, 2.05) is 0 Å². The number of amides is 1. The maximum atomic E-state index is 13.6. The molecule has 0 fully saturated rings. The first-order chi connectivity index (χ1) is 12.1. The van der Waals surface area contributed by atoms with Crippen molar-refractivity contribution in [2.24, 2.45) is 0 Å². The van der Waals surface area contributed by atoms with Gasteiger partial charge in [0.05, 0.1) is 18.1 Å². The van der Waals surface area contributed by atoms with Gasteiger partial charge in [-0.2, -0.15) is 0 Å². The van der Waals surface area contributed by atoms with Crippen molar-refractivity contribution < 1.29 is 13.6 Å². The fourth-order valence-electron chi connectivity index (χ4n) is 2.09. The molecule has 0 atom stereocenters. The van der Waals surface area contributed by atoms with Gasteiger partial charge >= 0.3 is 0 Å². The average Bonchev–Trinajstić information content (AvgIpc) is 2.63. The third-order valence-corrected chi connectivity index (χ3v) is 3.39. The highest BCUT2D eigenvalue weighted by atomic mass is 19.1. The Balaban J connectivity index is 1.60. The Hall–Kier alpha value is -3.35. The van der Waals surface area contributed by atoms with Gasteiger partial charge in [0.2, 0.25) is 0 Å². The molecule has 3 aromatic rings. The zero-order valence-corrected chi connectivity index (χ0v) is 13.0. The molecular weight excluding hydrogens is 326 g/mol. The molecule has 0 aliphatic heterocycles. The lowest BCUT2D eigenvalue weighted by molar-refractivity contribution is 0.0945. The number of aromatic nitrogens is 2. The number of hydrogen-bond donors (Lipinski definition) is 2. The molecule has 0 aliphatic rings. The summed E-state index contributed by atoms with van der Waals surface area (Å²) in [6.45, 7) is 0.246. The van der Waals surface area contributed by atoms with Crippen molar-refractivity contribution in [3.8, 4) is 0 Å². The van der Waals surface area contributed by atoms with E-state index in [9.17, 15) is 13.6 Å². The SMILES string of the molecule is O=C(NCc1ccc(F)cc1)c1cnc(Nc2ccccc2F)cn1. The molecule has 7 heteroatoms. The van der Waals surface area contributed by atoms with Gasteiger partial charge in [0.15, 0.2) is 0 Å². The summed E-state index contributed by atoms with van der Waals surface area (Å²) < 4.78 is 26.4. The lowest BCUT2D eigenvalue weighted by Crippen LogP contribution is -2.24. The van der Waals surface area contributed by atoms with Gasteiger partial charge < -0.3 is 10.6 Å². The van der Waals surface area contributed by atoms with E-state index in [2.05, 4.69) is 20.6 Å². The van der Waals surface area contributed by atoms with Crippen LogP contribution >= 0.6 is 0 Å². The number of carbonyl (C=O) groups excluding carboxylic acids is 1. The molecule has 1 amide bonds. The van der Waals surface area contributed by atoms with Crippen molar-refractivity contribution in [2.75, 3.05) is 5.32 Å². The molecule has 25 heavy (non-hydrogen) atoms. The number of halogens is 2. The summed E-state index contributed by atoms with van der Waals surface area (Å²) in [5.41, 5.74) is 1.16. The summed E-state index contributed by atoms with van der Waals surface area (Å²) in [6.07, 6.45) is 2.64. The molecule has 1 heterocycles. The Bertz CT molecular complexity index is 867. The standard InChI is InChI=1S/C18H14F2N4O/c19-13-7-5-12(6-8-13)9-23-18(25)16-10-22-17(11-21-16)24-15-4-2-1-3-14(15)20/h1-8,10-11H,9H2,(H,22,24)(H,23,25). The van der Waals surface area contributed by atoms with Crippen LogP contribution in [-0.4, -0.2) is 15.9 Å². The number of anilines is 2. The number of hydrogen-bond acceptors (Lipinski definition) is 4. The molecule has 2 aromatic carbocycles. The smallest absolute Gasteiger partial charge is 0.271 e. The number of carbonyl (C=O) groups is 1. The van der Waals surface area contributed by atoms with Crippen molar-refractivity contribution in [1.82, 2.24) is 15.3 Å². The van der Waals surface area contributed by atoms with E-state index in [-0.39, 0.29) is 23.7 Å². The molecule has 0 saturated carbocycles. The summed E-state index contributed by atoms with van der Waals surface area (Å²) in [5.74, 6) is -0.834. The van der Waals surface area contributed by atoms with Crippen LogP contribution in [0.15, 0.2) is 60.9 Å². The first-order valence-corrected chi connectivity index (χ1v) is 7.48. The monoisotopic (exact) mass is 340 g/mol. The zero-order chi connectivity index (χ0) is 17.6. The van der Waals surface area contributed by atoms with E-state index in [1.165, 1.54) is 30.6 Å². The lowest BCUT2D eigenvalue weighted by atomic mass is 10.2. The molecule has 0 spiro atoms. The Morgan fingerprint density at radius 3 is 2.40 bits per heavy atom. The van der Waals surface area contributed by atoms with Crippen LogP contribution in [0.3, 0.4) is 0 Å². The van der Waals surface area contributed by atoms with E-state index >= 15 is 0 Å². The van der Waals surface area contributed by atoms with Crippen LogP contribution in [0.5, 0.6) is 0 Å². The van der Waals surface area contributed by atoms with Gasteiger partial charge in [-0.15, -0.1) is 0 Å². The molecule has 0 radical (unpaired) electrons. The van der Waals surface area contributed by atoms with Crippen molar-refractivity contribution in [3.05, 3.63) is 83.8 Å². The second-order valence-corrected chi connectivity index (χ2v) is 5.20. The highest BCUT2D eigenvalue weighted by Crippen LogP contribution is 2.17. The average molecular weight is 340 g/mol. The van der Waals surface area contributed by atoms with Gasteiger partial charge in [0.25, 0.3) is 5.91 Å². The molecule has 2 N–H and O–H groups in total. The van der Waals surface area contributed by atoms with Gasteiger partial charge in [0, 0.05) is 6.54 Å². The summed E-state index contributed by atoms with van der Waals surface area (Å²) in [6, 6.07) is 12.0. The number of benzene rings is 2. The summed E-state index contributed by atoms with van der Waals surface area (Å²) in [4.78, 5) is 20.1. The van der Waals surface area contributed by atoms with E-state index in [0.29, 0.717) is 5.82 Å². The number of nitrogens with zero attached hydrogens (tertiary/aromatic N) is 2. The van der Waals surface area contributed by atoms with Crippen LogP contribution in [0.4, 0.5) is 20.3 Å². The molecule has 126 valence electrons. The molecular formula is C18H14F2N4O. The topological polar surface area (TPSA) is 66.9 Å². The van der Waals surface area contributed by atoms with Crippen LogP contribution in [-0.2, 0) is 6.54 Å². The highest BCUT2D eigenvalue weighted by Gasteiger charge is 2.09. The van der Waals surface area contributed by atoms with Crippen LogP contribution in [0, 0.1) is 11.6 Å². The molecule has 0 bridgehead atoms. The normalized spacial score (nSPS) is 10.3. The maximum absolute atomic E-state index is 13.6. The summed E-state index contributed by atoms with van der Waals surface area (Å²) in [5, 5.41) is 5.45. The Morgan fingerprint density at radius 2 is 1.72 bits per heavy atom. The lowest BCUT2D eigenvalue weighted by Gasteiger charge is -2.07. The Kier molecular flexibility index (Phi) is 4.94. The molecule has 0 aliphatic carbocycles. The largest absolute Gasteiger partial charge is 0.347 e. The van der Waals surface area contributed by atoms with Crippen LogP contribution in [0.2, 0.25) is 0 Å². The van der Waals surface area contributed by atoms with Crippen LogP contribution in [0.25, 0.3) is 0 Å². The minimum Gasteiger partial charge on any atom is -0.347 e. The fourth-order valence-corrected chi connectivity index (χ4v) is 2.09. The van der Waals surface area contributed by atoms with Crippen LogP contribution < -0.4 is 10.6 Å². The van der Waals surface area contributed by atoms with Crippen molar-refractivity contribution >= 4 is 17.4 Å². The van der Waals surface area contributed by atoms with Gasteiger partial charge in [-0.05, 0) is 29.8 Å². The third kappa shape index (κ3) is 4.35. The van der Waals surface area contributed by atoms with E-state index < -0.39 is 11.7 Å². The second kappa shape index (κ2) is 7.48. The van der Waals surface area contributed by atoms with E-state index in [1.54, 1.807) is 30.3 Å². The Morgan fingerprint density at radius 1 is 0.960 bits per heavy atom. The van der Waals surface area contributed by atoms with E-state index in [0.717, 1.165) is 5.56 Å². The van der Waals surface area contributed by atoms with Crippen molar-refractivity contribution in [1.29, 1.82) is 0 Å². The minimum absolute atomic E-state index is 0.126. The quantitative estimate of drug-likeness (QED) is 0.747. The van der Waals surface area contributed by atoms with Gasteiger partial charge in [-0.1, -0.05) is 24.3 Å². The third-order valence-electron chi connectivity index (χ3n) is 3.39. The fraction of sp³-hybridized carbons (Fsp3) is 0.0556. The number of nitrogens with one attached hydrogen (secondary N) is 2. The van der Waals surface area contributed by atoms with E-state index in [4.69, 9.17) is 0 Å². The van der Waals surface area contributed by atoms with Crippen LogP contribution in [0.1, 0.15) is 16.1 Å². The molecule has 0 unspecified atom stereocenters. The van der Waals surface area contributed by atoms with Gasteiger partial charge in [-0.3, -0.25) is 4.79 Å². The van der Waals surface area contributed by atoms with Gasteiger partial charge in [-0.25, -0.2) is 18.7 Å². The predicted molar refractivity (Wildman–Crippen MR) is 89.3 cm³/mol. The molecule has 5 nitrogen and oxygen atoms in total. The molecule has 1 aromatic heterocycles. The number of para-hydroxylation sites is 1. The maximum Gasteiger partial charge on any atom is 0.271 e. The number of rotatable bonds is 5. The minimum atomic E-state index is -0.412. The molecule has 3 rings (SSSR count). The Labute approximate surface area is 142 Å². The van der Waals surface area contributed by atoms with Crippen molar-refractivity contribution in [2.45, 2.75) is 6.54 Å². The van der Waals surface area contributed by atoms with Gasteiger partial charge in [0.1, 0.15) is 23.1 Å². The summed E-state index contributed by atoms with van der Waals surface area (Å²) >= 11 is 0. The first-order valence-electron chi connectivity index (χ1n) is 7.48. The second-order valence-electron chi connectivity index (χ2n) is 5.20. The zero-order valence-electron chi connectivity index (χ0n) is 13.0. The predicted octanol–water partition coefficient (Wildman–Crippen LogP) is 3.43. The molecule has 0 saturated heterocycles. The summed E-state index contributed by atoms with van der Waals surface area (Å²) in [7, 11) is 0. The van der Waals surface area contributed by atoms with Crippen molar-refractivity contribution in [3.63, 3.8) is 0 Å². The first kappa shape index (κ1) is 16.5.